The van der Waals surface area contributed by atoms with Crippen LogP contribution in [0.25, 0.3) is 0 Å². The second-order valence-corrected chi connectivity index (χ2v) is 6.40. The predicted molar refractivity (Wildman–Crippen MR) is 78.8 cm³/mol. The fourth-order valence-electron chi connectivity index (χ4n) is 2.59. The van der Waals surface area contributed by atoms with Crippen LogP contribution in [0.1, 0.15) is 46.5 Å². The van der Waals surface area contributed by atoms with Gasteiger partial charge < -0.3 is 10.6 Å². The van der Waals surface area contributed by atoms with Gasteiger partial charge in [-0.2, -0.15) is 0 Å². The van der Waals surface area contributed by atoms with Crippen LogP contribution < -0.4 is 5.73 Å². The molecule has 3 nitrogen and oxygen atoms in total. The van der Waals surface area contributed by atoms with E-state index in [1.54, 1.807) is 0 Å². The molecule has 1 fully saturated rings. The summed E-state index contributed by atoms with van der Waals surface area (Å²) in [5.74, 6) is 1.74. The summed E-state index contributed by atoms with van der Waals surface area (Å²) in [5, 5.41) is 0. The first-order valence-electron chi connectivity index (χ1n) is 6.82. The van der Waals surface area contributed by atoms with Crippen molar-refractivity contribution in [2.24, 2.45) is 23.0 Å². The standard InChI is InChI=1S/C14H28N2O.ClH/c1-11-5-7-12(8-6-11)9-16(4)13(17)14(2,3)10-15;/h11-12H,5-10,15H2,1-4H3;1H. The van der Waals surface area contributed by atoms with Gasteiger partial charge in [0.15, 0.2) is 0 Å². The molecular formula is C14H29ClN2O. The highest BCUT2D eigenvalue weighted by atomic mass is 35.5. The van der Waals surface area contributed by atoms with Gasteiger partial charge in [0, 0.05) is 20.1 Å². The molecule has 1 aliphatic carbocycles. The number of hydrogen-bond acceptors (Lipinski definition) is 2. The lowest BCUT2D eigenvalue weighted by atomic mass is 9.82. The summed E-state index contributed by atoms with van der Waals surface area (Å²) in [6, 6.07) is 0. The van der Waals surface area contributed by atoms with Gasteiger partial charge in [-0.15, -0.1) is 12.4 Å². The van der Waals surface area contributed by atoms with Crippen LogP contribution in [0.5, 0.6) is 0 Å². The number of amides is 1. The van der Waals surface area contributed by atoms with Crippen molar-refractivity contribution in [1.82, 2.24) is 4.90 Å². The number of nitrogens with zero attached hydrogens (tertiary/aromatic N) is 1. The third-order valence-electron chi connectivity index (χ3n) is 4.10. The third kappa shape index (κ3) is 4.77. The first-order valence-corrected chi connectivity index (χ1v) is 6.82. The Morgan fingerprint density at radius 3 is 2.22 bits per heavy atom. The Bertz CT molecular complexity index is 261. The first-order chi connectivity index (χ1) is 7.86. The largest absolute Gasteiger partial charge is 0.345 e. The average Bonchev–Trinajstić information content (AvgIpc) is 2.31. The second kappa shape index (κ2) is 7.34. The zero-order chi connectivity index (χ0) is 13.1. The van der Waals surface area contributed by atoms with Gasteiger partial charge >= 0.3 is 0 Å². The van der Waals surface area contributed by atoms with E-state index in [1.807, 2.05) is 25.8 Å². The SMILES string of the molecule is CC1CCC(CN(C)C(=O)C(C)(C)CN)CC1.Cl. The predicted octanol–water partition coefficient (Wildman–Crippen LogP) is 2.68. The number of halogens is 1. The number of carbonyl (C=O) groups excluding carboxylic acids is 1. The molecular weight excluding hydrogens is 248 g/mol. The molecule has 1 saturated carbocycles. The molecule has 0 radical (unpaired) electrons. The highest BCUT2D eigenvalue weighted by Crippen LogP contribution is 2.29. The summed E-state index contributed by atoms with van der Waals surface area (Å²) >= 11 is 0. The van der Waals surface area contributed by atoms with Crippen LogP contribution in [0.15, 0.2) is 0 Å². The molecule has 0 aliphatic heterocycles. The molecule has 0 saturated heterocycles. The van der Waals surface area contributed by atoms with Crippen LogP contribution >= 0.6 is 12.4 Å². The molecule has 1 aliphatic rings. The van der Waals surface area contributed by atoms with Crippen LogP contribution in [0.2, 0.25) is 0 Å². The third-order valence-corrected chi connectivity index (χ3v) is 4.10. The van der Waals surface area contributed by atoms with Gasteiger partial charge in [0.1, 0.15) is 0 Å². The number of carbonyl (C=O) groups is 1. The molecule has 0 atom stereocenters. The lowest BCUT2D eigenvalue weighted by Crippen LogP contribution is -2.44. The normalized spacial score (nSPS) is 24.3. The van der Waals surface area contributed by atoms with Crippen molar-refractivity contribution in [1.29, 1.82) is 0 Å². The van der Waals surface area contributed by atoms with Gasteiger partial charge in [-0.25, -0.2) is 0 Å². The minimum atomic E-state index is -0.420. The molecule has 0 aromatic heterocycles. The molecule has 0 aromatic rings. The molecule has 0 aromatic carbocycles. The van der Waals surface area contributed by atoms with E-state index in [-0.39, 0.29) is 18.3 Å². The molecule has 1 amide bonds. The van der Waals surface area contributed by atoms with Gasteiger partial charge in [-0.1, -0.05) is 19.8 Å². The maximum Gasteiger partial charge on any atom is 0.229 e. The molecule has 108 valence electrons. The van der Waals surface area contributed by atoms with Gasteiger partial charge in [-0.3, -0.25) is 4.79 Å². The summed E-state index contributed by atoms with van der Waals surface area (Å²) < 4.78 is 0. The fraction of sp³-hybridized carbons (Fsp3) is 0.929. The topological polar surface area (TPSA) is 46.3 Å². The number of rotatable bonds is 4. The highest BCUT2D eigenvalue weighted by Gasteiger charge is 2.30. The van der Waals surface area contributed by atoms with E-state index in [9.17, 15) is 4.79 Å². The fourth-order valence-corrected chi connectivity index (χ4v) is 2.59. The lowest BCUT2D eigenvalue weighted by Gasteiger charge is -2.33. The zero-order valence-corrected chi connectivity index (χ0v) is 13.1. The van der Waals surface area contributed by atoms with Crippen molar-refractivity contribution in [3.05, 3.63) is 0 Å². The molecule has 0 spiro atoms. The number of hydrogen-bond donors (Lipinski definition) is 1. The van der Waals surface area contributed by atoms with E-state index < -0.39 is 5.41 Å². The Balaban J connectivity index is 0.00000289. The Hall–Kier alpha value is -0.280. The van der Waals surface area contributed by atoms with Crippen LogP contribution in [0, 0.1) is 17.3 Å². The minimum absolute atomic E-state index is 0. The molecule has 0 unspecified atom stereocenters. The molecule has 0 heterocycles. The van der Waals surface area contributed by atoms with E-state index in [0.717, 1.165) is 12.5 Å². The monoisotopic (exact) mass is 276 g/mol. The highest BCUT2D eigenvalue weighted by molar-refractivity contribution is 5.85. The quantitative estimate of drug-likeness (QED) is 0.858. The van der Waals surface area contributed by atoms with Gasteiger partial charge in [0.2, 0.25) is 5.91 Å². The average molecular weight is 277 g/mol. The van der Waals surface area contributed by atoms with Crippen molar-refractivity contribution in [3.63, 3.8) is 0 Å². The maximum absolute atomic E-state index is 12.2. The van der Waals surface area contributed by atoms with Crippen LogP contribution in [0.3, 0.4) is 0 Å². The summed E-state index contributed by atoms with van der Waals surface area (Å²) in [4.78, 5) is 14.1. The summed E-state index contributed by atoms with van der Waals surface area (Å²) in [5.41, 5.74) is 5.23. The van der Waals surface area contributed by atoms with Crippen molar-refractivity contribution in [3.8, 4) is 0 Å². The molecule has 1 rings (SSSR count). The van der Waals surface area contributed by atoms with E-state index >= 15 is 0 Å². The number of nitrogens with two attached hydrogens (primary N) is 1. The lowest BCUT2D eigenvalue weighted by molar-refractivity contribution is -0.139. The zero-order valence-electron chi connectivity index (χ0n) is 12.2. The smallest absolute Gasteiger partial charge is 0.229 e. The first kappa shape index (κ1) is 17.7. The van der Waals surface area contributed by atoms with E-state index in [4.69, 9.17) is 5.73 Å². The Morgan fingerprint density at radius 1 is 1.28 bits per heavy atom. The van der Waals surface area contributed by atoms with Crippen LogP contribution in [-0.4, -0.2) is 30.9 Å². The Labute approximate surface area is 118 Å². The van der Waals surface area contributed by atoms with Gasteiger partial charge in [0.05, 0.1) is 5.41 Å². The van der Waals surface area contributed by atoms with Gasteiger partial charge in [-0.05, 0) is 38.5 Å². The van der Waals surface area contributed by atoms with Crippen molar-refractivity contribution >= 4 is 18.3 Å². The summed E-state index contributed by atoms with van der Waals surface area (Å²) in [6.07, 6.45) is 5.16. The minimum Gasteiger partial charge on any atom is -0.345 e. The summed E-state index contributed by atoms with van der Waals surface area (Å²) in [6.45, 7) is 7.49. The maximum atomic E-state index is 12.2. The van der Waals surface area contributed by atoms with Crippen molar-refractivity contribution in [2.75, 3.05) is 20.1 Å². The van der Waals surface area contributed by atoms with Crippen LogP contribution in [0.4, 0.5) is 0 Å². The molecule has 2 N–H and O–H groups in total. The molecule has 0 bridgehead atoms. The van der Waals surface area contributed by atoms with Crippen molar-refractivity contribution < 1.29 is 4.79 Å². The van der Waals surface area contributed by atoms with Crippen LogP contribution in [-0.2, 0) is 4.79 Å². The summed E-state index contributed by atoms with van der Waals surface area (Å²) in [7, 11) is 1.91. The van der Waals surface area contributed by atoms with Gasteiger partial charge in [0.25, 0.3) is 0 Å². The van der Waals surface area contributed by atoms with E-state index in [0.29, 0.717) is 12.5 Å². The molecule has 4 heteroatoms. The Morgan fingerprint density at radius 2 is 1.78 bits per heavy atom. The molecule has 18 heavy (non-hydrogen) atoms. The van der Waals surface area contributed by atoms with E-state index in [2.05, 4.69) is 6.92 Å². The van der Waals surface area contributed by atoms with Crippen molar-refractivity contribution in [2.45, 2.75) is 46.5 Å². The Kier molecular flexibility index (Phi) is 7.23. The second-order valence-electron chi connectivity index (χ2n) is 6.40. The van der Waals surface area contributed by atoms with E-state index in [1.165, 1.54) is 25.7 Å².